The Morgan fingerprint density at radius 2 is 1.76 bits per heavy atom. The summed E-state index contributed by atoms with van der Waals surface area (Å²) in [6, 6.07) is 8.95. The van der Waals surface area contributed by atoms with Gasteiger partial charge in [-0.2, -0.15) is 0 Å². The smallest absolute Gasteiger partial charge is 0.341 e. The van der Waals surface area contributed by atoms with Crippen molar-refractivity contribution in [2.24, 2.45) is 0 Å². The first-order chi connectivity index (χ1) is 11.7. The Labute approximate surface area is 149 Å². The zero-order chi connectivity index (χ0) is 18.7. The molecule has 0 saturated heterocycles. The lowest BCUT2D eigenvalue weighted by Gasteiger charge is -2.15. The highest BCUT2D eigenvalue weighted by Gasteiger charge is 2.22. The van der Waals surface area contributed by atoms with E-state index in [1.165, 1.54) is 12.1 Å². The fraction of sp³-hybridized carbons (Fsp3) is 0.167. The number of ether oxygens (including phenoxy) is 1. The molecule has 1 atom stereocenters. The molecule has 2 aromatic carbocycles. The summed E-state index contributed by atoms with van der Waals surface area (Å²) in [7, 11) is 0. The molecule has 0 amide bonds. The molecule has 0 unspecified atom stereocenters. The average Bonchev–Trinajstić information content (AvgIpc) is 2.57. The number of aliphatic hydroxyl groups is 1. The number of hydrogen-bond donors (Lipinski definition) is 1. The van der Waals surface area contributed by atoms with E-state index < -0.39 is 17.0 Å². The first-order valence-corrected chi connectivity index (χ1v) is 7.68. The van der Waals surface area contributed by atoms with Gasteiger partial charge in [-0.15, -0.1) is 0 Å². The normalized spacial score (nSPS) is 11.7. The minimum absolute atomic E-state index is 0.0881. The van der Waals surface area contributed by atoms with Crippen molar-refractivity contribution in [1.82, 2.24) is 0 Å². The van der Waals surface area contributed by atoms with E-state index in [0.29, 0.717) is 21.7 Å². The summed E-state index contributed by atoms with van der Waals surface area (Å²) in [6.07, 6.45) is -1.25. The molecule has 0 heterocycles. The number of aryl methyl sites for hydroxylation is 2. The highest BCUT2D eigenvalue weighted by Crippen LogP contribution is 2.30. The van der Waals surface area contributed by atoms with E-state index in [0.717, 1.165) is 0 Å². The molecule has 0 aliphatic carbocycles. The van der Waals surface area contributed by atoms with Crippen LogP contribution in [0, 0.1) is 24.0 Å². The molecule has 130 valence electrons. The van der Waals surface area contributed by atoms with Gasteiger partial charge in [-0.25, -0.2) is 4.79 Å². The molecule has 6 nitrogen and oxygen atoms in total. The minimum Gasteiger partial charge on any atom is -0.423 e. The van der Waals surface area contributed by atoms with Crippen molar-refractivity contribution in [2.75, 3.05) is 0 Å². The fourth-order valence-electron chi connectivity index (χ4n) is 2.31. The number of esters is 1. The second-order valence-corrected chi connectivity index (χ2v) is 5.97. The molecule has 0 aliphatic rings. The van der Waals surface area contributed by atoms with E-state index in [2.05, 4.69) is 6.58 Å². The molecule has 0 aromatic heterocycles. The first kappa shape index (κ1) is 18.6. The lowest BCUT2D eigenvalue weighted by atomic mass is 10.0. The number of hydrogen-bond acceptors (Lipinski definition) is 5. The molecule has 2 aromatic rings. The maximum atomic E-state index is 12.3. The molecule has 1 N–H and O–H groups in total. The molecule has 0 aliphatic heterocycles. The Morgan fingerprint density at radius 3 is 2.24 bits per heavy atom. The lowest BCUT2D eigenvalue weighted by Crippen LogP contribution is -2.17. The van der Waals surface area contributed by atoms with Crippen molar-refractivity contribution in [1.29, 1.82) is 0 Å². The van der Waals surface area contributed by atoms with Gasteiger partial charge in [-0.05, 0) is 42.7 Å². The van der Waals surface area contributed by atoms with Crippen molar-refractivity contribution < 1.29 is 19.6 Å². The third kappa shape index (κ3) is 4.23. The van der Waals surface area contributed by atoms with Gasteiger partial charge in [0, 0.05) is 17.2 Å². The summed E-state index contributed by atoms with van der Waals surface area (Å²) < 4.78 is 5.29. The molecule has 0 radical (unpaired) electrons. The van der Waals surface area contributed by atoms with Crippen molar-refractivity contribution in [2.45, 2.75) is 20.0 Å². The third-order valence-electron chi connectivity index (χ3n) is 3.63. The van der Waals surface area contributed by atoms with Crippen LogP contribution in [0.1, 0.15) is 22.8 Å². The molecule has 0 fully saturated rings. The van der Waals surface area contributed by atoms with Crippen LogP contribution in [0.4, 0.5) is 5.69 Å². The molecule has 0 bridgehead atoms. The third-order valence-corrected chi connectivity index (χ3v) is 3.88. The van der Waals surface area contributed by atoms with Crippen molar-refractivity contribution in [3.8, 4) is 5.75 Å². The number of carbonyl (C=O) groups is 1. The number of rotatable bonds is 5. The van der Waals surface area contributed by atoms with E-state index >= 15 is 0 Å². The predicted octanol–water partition coefficient (Wildman–Crippen LogP) is 4.06. The minimum atomic E-state index is -1.25. The van der Waals surface area contributed by atoms with Gasteiger partial charge in [0.1, 0.15) is 11.9 Å². The highest BCUT2D eigenvalue weighted by molar-refractivity contribution is 6.30. The van der Waals surface area contributed by atoms with Crippen LogP contribution in [-0.4, -0.2) is 16.0 Å². The second kappa shape index (κ2) is 7.46. The molecule has 7 heteroatoms. The molecular formula is C18H16ClNO5. The monoisotopic (exact) mass is 361 g/mol. The maximum absolute atomic E-state index is 12.3. The van der Waals surface area contributed by atoms with Crippen LogP contribution in [0.3, 0.4) is 0 Å². The van der Waals surface area contributed by atoms with E-state index in [-0.39, 0.29) is 17.0 Å². The molecule has 0 spiro atoms. The SMILES string of the molecule is C=C(C(=O)Oc1c(C)cc([N+](=O)[O-])cc1C)[C@H](O)c1ccc(Cl)cc1. The van der Waals surface area contributed by atoms with Crippen LogP contribution >= 0.6 is 11.6 Å². The standard InChI is InChI=1S/C18H16ClNO5/c1-10-8-15(20(23)24)9-11(2)17(10)25-18(22)12(3)16(21)13-4-6-14(19)7-5-13/h4-9,16,21H,3H2,1-2H3/t16-/m0/s1. The lowest BCUT2D eigenvalue weighted by molar-refractivity contribution is -0.385. The van der Waals surface area contributed by atoms with Crippen LogP contribution in [0.5, 0.6) is 5.75 Å². The number of benzene rings is 2. The van der Waals surface area contributed by atoms with E-state index in [1.54, 1.807) is 38.1 Å². The van der Waals surface area contributed by atoms with Gasteiger partial charge in [0.05, 0.1) is 10.5 Å². The van der Waals surface area contributed by atoms with E-state index in [1.807, 2.05) is 0 Å². The van der Waals surface area contributed by atoms with Crippen molar-refractivity contribution >= 4 is 23.3 Å². The second-order valence-electron chi connectivity index (χ2n) is 5.53. The van der Waals surface area contributed by atoms with Crippen LogP contribution in [0.25, 0.3) is 0 Å². The van der Waals surface area contributed by atoms with Gasteiger partial charge < -0.3 is 9.84 Å². The Hall–Kier alpha value is -2.70. The summed E-state index contributed by atoms with van der Waals surface area (Å²) in [5, 5.41) is 21.6. The summed E-state index contributed by atoms with van der Waals surface area (Å²) >= 11 is 5.79. The summed E-state index contributed by atoms with van der Waals surface area (Å²) in [5.74, 6) is -0.609. The number of nitro benzene ring substituents is 1. The van der Waals surface area contributed by atoms with Gasteiger partial charge in [0.2, 0.25) is 0 Å². The van der Waals surface area contributed by atoms with Gasteiger partial charge in [0.25, 0.3) is 5.69 Å². The Balaban J connectivity index is 2.20. The first-order valence-electron chi connectivity index (χ1n) is 7.31. The molecule has 25 heavy (non-hydrogen) atoms. The van der Waals surface area contributed by atoms with Gasteiger partial charge in [0.15, 0.2) is 0 Å². The van der Waals surface area contributed by atoms with Crippen molar-refractivity contribution in [3.63, 3.8) is 0 Å². The zero-order valence-electron chi connectivity index (χ0n) is 13.7. The van der Waals surface area contributed by atoms with Crippen LogP contribution < -0.4 is 4.74 Å². The van der Waals surface area contributed by atoms with Gasteiger partial charge in [-0.1, -0.05) is 30.3 Å². The number of aliphatic hydroxyl groups excluding tert-OH is 1. The molecule has 2 rings (SSSR count). The zero-order valence-corrected chi connectivity index (χ0v) is 14.4. The summed E-state index contributed by atoms with van der Waals surface area (Å²) in [6.45, 7) is 6.79. The van der Waals surface area contributed by atoms with Gasteiger partial charge >= 0.3 is 5.97 Å². The number of nitrogens with zero attached hydrogens (tertiary/aromatic N) is 1. The fourth-order valence-corrected chi connectivity index (χ4v) is 2.44. The van der Waals surface area contributed by atoms with E-state index in [9.17, 15) is 20.0 Å². The van der Waals surface area contributed by atoms with E-state index in [4.69, 9.17) is 16.3 Å². The number of non-ortho nitro benzene ring substituents is 1. The number of carbonyl (C=O) groups excluding carboxylic acids is 1. The van der Waals surface area contributed by atoms with Crippen molar-refractivity contribution in [3.05, 3.63) is 80.4 Å². The van der Waals surface area contributed by atoms with Gasteiger partial charge in [-0.3, -0.25) is 10.1 Å². The Bertz CT molecular complexity index is 822. The average molecular weight is 362 g/mol. The topological polar surface area (TPSA) is 89.7 Å². The largest absolute Gasteiger partial charge is 0.423 e. The summed E-state index contributed by atoms with van der Waals surface area (Å²) in [5.41, 5.74) is 1.08. The quantitative estimate of drug-likeness (QED) is 0.285. The number of halogens is 1. The summed E-state index contributed by atoms with van der Waals surface area (Å²) in [4.78, 5) is 22.6. The maximum Gasteiger partial charge on any atom is 0.341 e. The predicted molar refractivity (Wildman–Crippen MR) is 93.8 cm³/mol. The van der Waals surface area contributed by atoms with Crippen LogP contribution in [0.15, 0.2) is 48.6 Å². The van der Waals surface area contributed by atoms with Crippen LogP contribution in [-0.2, 0) is 4.79 Å². The number of nitro groups is 1. The van der Waals surface area contributed by atoms with Crippen LogP contribution in [0.2, 0.25) is 5.02 Å². The Kier molecular flexibility index (Phi) is 5.56. The Morgan fingerprint density at radius 1 is 1.24 bits per heavy atom. The molecule has 0 saturated carbocycles. The molecular weight excluding hydrogens is 346 g/mol. The highest BCUT2D eigenvalue weighted by atomic mass is 35.5.